The number of hydrogen-bond donors (Lipinski definition) is 2. The van der Waals surface area contributed by atoms with Crippen LogP contribution in [0.3, 0.4) is 0 Å². The quantitative estimate of drug-likeness (QED) is 0.466. The summed E-state index contributed by atoms with van der Waals surface area (Å²) >= 11 is 0. The molecule has 0 radical (unpaired) electrons. The van der Waals surface area contributed by atoms with E-state index in [1.54, 1.807) is 0 Å². The summed E-state index contributed by atoms with van der Waals surface area (Å²) in [7, 11) is 0. The molecule has 0 aromatic rings. The van der Waals surface area contributed by atoms with Gasteiger partial charge in [0.1, 0.15) is 6.10 Å². The van der Waals surface area contributed by atoms with Crippen LogP contribution < -0.4 is 0 Å². The number of carbonyl (C=O) groups excluding carboxylic acids is 1. The maximum atomic E-state index is 11.7. The van der Waals surface area contributed by atoms with Gasteiger partial charge in [-0.25, -0.2) is 0 Å². The molecule has 2 unspecified atom stereocenters. The highest BCUT2D eigenvalue weighted by Gasteiger charge is 2.26. The summed E-state index contributed by atoms with van der Waals surface area (Å²) in [5.41, 5.74) is 0. The minimum Gasteiger partial charge on any atom is -0.462 e. The summed E-state index contributed by atoms with van der Waals surface area (Å²) in [6.45, 7) is 5.68. The fraction of sp³-hybridized carbons (Fsp3) is 0.929. The zero-order valence-electron chi connectivity index (χ0n) is 11.9. The Hall–Kier alpha value is -0.610. The monoisotopic (exact) mass is 260 g/mol. The Labute approximate surface area is 110 Å². The SMILES string of the molecule is CCCCCCC(=O)OC(C(C)CO)C(C)CO. The van der Waals surface area contributed by atoms with Crippen molar-refractivity contribution in [1.82, 2.24) is 0 Å². The van der Waals surface area contributed by atoms with E-state index in [9.17, 15) is 4.79 Å². The molecule has 4 heteroatoms. The molecule has 0 bridgehead atoms. The van der Waals surface area contributed by atoms with Gasteiger partial charge in [0.05, 0.1) is 0 Å². The lowest BCUT2D eigenvalue weighted by Crippen LogP contribution is -2.35. The van der Waals surface area contributed by atoms with Crippen LogP contribution in [-0.2, 0) is 9.53 Å². The average Bonchev–Trinajstić information content (AvgIpc) is 2.39. The van der Waals surface area contributed by atoms with Crippen LogP contribution in [-0.4, -0.2) is 35.5 Å². The summed E-state index contributed by atoms with van der Waals surface area (Å²) in [6.07, 6.45) is 4.19. The smallest absolute Gasteiger partial charge is 0.306 e. The van der Waals surface area contributed by atoms with Crippen molar-refractivity contribution in [3.05, 3.63) is 0 Å². The number of hydrogen-bond acceptors (Lipinski definition) is 4. The summed E-state index contributed by atoms with van der Waals surface area (Å²) < 4.78 is 5.38. The van der Waals surface area contributed by atoms with Gasteiger partial charge in [0.25, 0.3) is 0 Å². The van der Waals surface area contributed by atoms with Crippen LogP contribution in [0, 0.1) is 11.8 Å². The van der Waals surface area contributed by atoms with Gasteiger partial charge in [0, 0.05) is 31.5 Å². The molecule has 0 spiro atoms. The Balaban J connectivity index is 4.10. The third kappa shape index (κ3) is 6.97. The van der Waals surface area contributed by atoms with Gasteiger partial charge in [0.15, 0.2) is 0 Å². The van der Waals surface area contributed by atoms with E-state index in [-0.39, 0.29) is 31.0 Å². The second-order valence-electron chi connectivity index (χ2n) is 5.08. The van der Waals surface area contributed by atoms with Crippen LogP contribution in [0.2, 0.25) is 0 Å². The van der Waals surface area contributed by atoms with Crippen LogP contribution in [0.15, 0.2) is 0 Å². The van der Waals surface area contributed by atoms with Crippen LogP contribution >= 0.6 is 0 Å². The van der Waals surface area contributed by atoms with E-state index in [0.29, 0.717) is 6.42 Å². The molecule has 0 aliphatic rings. The molecule has 0 aromatic heterocycles. The van der Waals surface area contributed by atoms with Crippen molar-refractivity contribution in [3.63, 3.8) is 0 Å². The van der Waals surface area contributed by atoms with E-state index in [4.69, 9.17) is 14.9 Å². The molecule has 4 nitrogen and oxygen atoms in total. The third-order valence-corrected chi connectivity index (χ3v) is 3.20. The first-order valence-electron chi connectivity index (χ1n) is 6.97. The Kier molecular flexibility index (Phi) is 9.98. The van der Waals surface area contributed by atoms with E-state index >= 15 is 0 Å². The van der Waals surface area contributed by atoms with Crippen molar-refractivity contribution >= 4 is 5.97 Å². The lowest BCUT2D eigenvalue weighted by Gasteiger charge is -2.27. The highest BCUT2D eigenvalue weighted by molar-refractivity contribution is 5.69. The minimum atomic E-state index is -0.404. The predicted octanol–water partition coefficient (Wildman–Crippen LogP) is 2.13. The first kappa shape index (κ1) is 17.4. The molecule has 108 valence electrons. The van der Waals surface area contributed by atoms with Crippen LogP contribution in [0.25, 0.3) is 0 Å². The van der Waals surface area contributed by atoms with Gasteiger partial charge in [-0.3, -0.25) is 4.79 Å². The average molecular weight is 260 g/mol. The summed E-state index contributed by atoms with van der Waals surface area (Å²) in [5.74, 6) is -0.518. The van der Waals surface area contributed by atoms with Crippen LogP contribution in [0.5, 0.6) is 0 Å². The molecule has 0 fully saturated rings. The molecule has 0 aliphatic heterocycles. The number of carbonyl (C=O) groups is 1. The fourth-order valence-corrected chi connectivity index (χ4v) is 1.91. The molecule has 0 amide bonds. The van der Waals surface area contributed by atoms with E-state index in [1.807, 2.05) is 13.8 Å². The van der Waals surface area contributed by atoms with Gasteiger partial charge in [0.2, 0.25) is 0 Å². The topological polar surface area (TPSA) is 66.8 Å². The molecule has 2 atom stereocenters. The van der Waals surface area contributed by atoms with Crippen molar-refractivity contribution < 1.29 is 19.7 Å². The van der Waals surface area contributed by atoms with Gasteiger partial charge in [-0.05, 0) is 6.42 Å². The molecule has 0 aromatic carbocycles. The summed E-state index contributed by atoms with van der Waals surface area (Å²) in [5, 5.41) is 18.3. The fourth-order valence-electron chi connectivity index (χ4n) is 1.91. The number of rotatable bonds is 10. The lowest BCUT2D eigenvalue weighted by atomic mass is 9.94. The Morgan fingerprint density at radius 2 is 1.61 bits per heavy atom. The number of aliphatic hydroxyl groups is 2. The zero-order chi connectivity index (χ0) is 14.0. The van der Waals surface area contributed by atoms with E-state index in [1.165, 1.54) is 0 Å². The highest BCUT2D eigenvalue weighted by atomic mass is 16.5. The van der Waals surface area contributed by atoms with Crippen molar-refractivity contribution in [2.24, 2.45) is 11.8 Å². The molecule has 0 rings (SSSR count). The maximum absolute atomic E-state index is 11.7. The molecule has 2 N–H and O–H groups in total. The van der Waals surface area contributed by atoms with Crippen molar-refractivity contribution in [2.45, 2.75) is 59.0 Å². The second-order valence-corrected chi connectivity index (χ2v) is 5.08. The Morgan fingerprint density at radius 3 is 2.06 bits per heavy atom. The largest absolute Gasteiger partial charge is 0.462 e. The van der Waals surface area contributed by atoms with Gasteiger partial charge in [-0.15, -0.1) is 0 Å². The van der Waals surface area contributed by atoms with Crippen molar-refractivity contribution in [1.29, 1.82) is 0 Å². The number of esters is 1. The van der Waals surface area contributed by atoms with Gasteiger partial charge in [-0.1, -0.05) is 40.0 Å². The highest BCUT2D eigenvalue weighted by Crippen LogP contribution is 2.18. The molecule has 0 heterocycles. The van der Waals surface area contributed by atoms with Gasteiger partial charge >= 0.3 is 5.97 Å². The van der Waals surface area contributed by atoms with Crippen LogP contribution in [0.1, 0.15) is 52.9 Å². The second kappa shape index (κ2) is 10.3. The third-order valence-electron chi connectivity index (χ3n) is 3.20. The number of ether oxygens (including phenoxy) is 1. The predicted molar refractivity (Wildman–Crippen MR) is 71.1 cm³/mol. The molecular weight excluding hydrogens is 232 g/mol. The first-order chi connectivity index (χ1) is 8.56. The van der Waals surface area contributed by atoms with Crippen molar-refractivity contribution in [3.8, 4) is 0 Å². The zero-order valence-corrected chi connectivity index (χ0v) is 11.9. The van der Waals surface area contributed by atoms with E-state index < -0.39 is 6.10 Å². The molecule has 0 saturated heterocycles. The minimum absolute atomic E-state index is 0.0435. The molecule has 18 heavy (non-hydrogen) atoms. The van der Waals surface area contributed by atoms with Gasteiger partial charge in [-0.2, -0.15) is 0 Å². The lowest BCUT2D eigenvalue weighted by molar-refractivity contribution is -0.156. The van der Waals surface area contributed by atoms with Crippen LogP contribution in [0.4, 0.5) is 0 Å². The maximum Gasteiger partial charge on any atom is 0.306 e. The Bertz CT molecular complexity index is 208. The molecular formula is C14H28O4. The molecule has 0 aliphatic carbocycles. The Morgan fingerprint density at radius 1 is 1.06 bits per heavy atom. The number of unbranched alkanes of at least 4 members (excludes halogenated alkanes) is 3. The normalized spacial score (nSPS) is 16.1. The van der Waals surface area contributed by atoms with Gasteiger partial charge < -0.3 is 14.9 Å². The summed E-state index contributed by atoms with van der Waals surface area (Å²) in [6, 6.07) is 0. The molecule has 0 saturated carbocycles. The van der Waals surface area contributed by atoms with Crippen molar-refractivity contribution in [2.75, 3.05) is 13.2 Å². The number of aliphatic hydroxyl groups excluding tert-OH is 2. The summed E-state index contributed by atoms with van der Waals surface area (Å²) in [4.78, 5) is 11.7. The van der Waals surface area contributed by atoms with E-state index in [0.717, 1.165) is 25.7 Å². The standard InChI is InChI=1S/C14H28O4/c1-4-5-6-7-8-13(17)18-14(11(2)9-15)12(3)10-16/h11-12,14-16H,4-10H2,1-3H3. The van der Waals surface area contributed by atoms with E-state index in [2.05, 4.69) is 6.92 Å². The first-order valence-corrected chi connectivity index (χ1v) is 6.97.